The summed E-state index contributed by atoms with van der Waals surface area (Å²) in [5, 5.41) is 17.9. The summed E-state index contributed by atoms with van der Waals surface area (Å²) in [6, 6.07) is 7.12. The highest BCUT2D eigenvalue weighted by Gasteiger charge is 2.20. The van der Waals surface area contributed by atoms with Crippen molar-refractivity contribution >= 4 is 65.9 Å². The van der Waals surface area contributed by atoms with E-state index in [1.807, 2.05) is 0 Å². The lowest BCUT2D eigenvalue weighted by Gasteiger charge is -2.11. The number of amides is 1. The summed E-state index contributed by atoms with van der Waals surface area (Å²) in [5.41, 5.74) is 0.211. The predicted molar refractivity (Wildman–Crippen MR) is 125 cm³/mol. The first-order valence-corrected chi connectivity index (χ1v) is 11.1. The first-order chi connectivity index (χ1) is 15.4. The highest BCUT2D eigenvalue weighted by molar-refractivity contribution is 9.10. The molecule has 2 N–H and O–H groups in total. The number of hydrogen-bond donors (Lipinski definition) is 2. The number of nitrogens with one attached hydrogen (secondary N) is 2. The van der Waals surface area contributed by atoms with Gasteiger partial charge in [-0.25, -0.2) is 14.4 Å². The van der Waals surface area contributed by atoms with Crippen LogP contribution in [0, 0.1) is 15.9 Å². The third kappa shape index (κ3) is 5.98. The first-order valence-electron chi connectivity index (χ1n) is 9.17. The Kier molecular flexibility index (Phi) is 8.06. The SMILES string of the molecule is O=C(C=CCBr)NCCOc1cc2ncnc(Nc3ccc(Br)cc3F)c2cc1[N+](=O)[O-]. The van der Waals surface area contributed by atoms with E-state index in [-0.39, 0.29) is 42.0 Å². The van der Waals surface area contributed by atoms with Gasteiger partial charge in [-0.05, 0) is 24.3 Å². The number of fused-ring (bicyclic) bond motifs is 1. The number of alkyl halides is 1. The summed E-state index contributed by atoms with van der Waals surface area (Å²) in [4.78, 5) is 30.8. The molecule has 0 saturated heterocycles. The van der Waals surface area contributed by atoms with Crippen molar-refractivity contribution in [3.8, 4) is 5.75 Å². The van der Waals surface area contributed by atoms with Crippen LogP contribution in [0.15, 0.2) is 53.3 Å². The molecular formula is C20H16Br2FN5O4. The Balaban J connectivity index is 1.83. The van der Waals surface area contributed by atoms with Gasteiger partial charge in [-0.2, -0.15) is 0 Å². The van der Waals surface area contributed by atoms with Crippen molar-refractivity contribution < 1.29 is 18.8 Å². The monoisotopic (exact) mass is 567 g/mol. The van der Waals surface area contributed by atoms with Gasteiger partial charge in [-0.3, -0.25) is 14.9 Å². The van der Waals surface area contributed by atoms with Crippen LogP contribution >= 0.6 is 31.9 Å². The van der Waals surface area contributed by atoms with Gasteiger partial charge < -0.3 is 15.4 Å². The second-order valence-electron chi connectivity index (χ2n) is 6.26. The fourth-order valence-corrected chi connectivity index (χ4v) is 3.21. The molecule has 166 valence electrons. The normalized spacial score (nSPS) is 11.0. The minimum Gasteiger partial charge on any atom is -0.485 e. The summed E-state index contributed by atoms with van der Waals surface area (Å²) >= 11 is 6.36. The van der Waals surface area contributed by atoms with Gasteiger partial charge in [0.05, 0.1) is 28.1 Å². The molecule has 0 bridgehead atoms. The Morgan fingerprint density at radius 3 is 2.81 bits per heavy atom. The number of benzene rings is 2. The number of rotatable bonds is 9. The van der Waals surface area contributed by atoms with Crippen molar-refractivity contribution in [3.05, 3.63) is 69.2 Å². The van der Waals surface area contributed by atoms with Crippen LogP contribution in [0.25, 0.3) is 10.9 Å². The van der Waals surface area contributed by atoms with E-state index in [0.29, 0.717) is 20.7 Å². The lowest BCUT2D eigenvalue weighted by atomic mass is 10.2. The quantitative estimate of drug-likeness (QED) is 0.127. The summed E-state index contributed by atoms with van der Waals surface area (Å²) in [5.74, 6) is -0.623. The fourth-order valence-electron chi connectivity index (χ4n) is 2.69. The van der Waals surface area contributed by atoms with Crippen LogP contribution < -0.4 is 15.4 Å². The minimum absolute atomic E-state index is 0.00720. The maximum absolute atomic E-state index is 14.2. The highest BCUT2D eigenvalue weighted by Crippen LogP contribution is 2.35. The van der Waals surface area contributed by atoms with Gasteiger partial charge >= 0.3 is 5.69 Å². The summed E-state index contributed by atoms with van der Waals surface area (Å²) in [6.45, 7) is 0.167. The molecule has 1 amide bonds. The molecule has 32 heavy (non-hydrogen) atoms. The number of nitro groups is 1. The third-order valence-electron chi connectivity index (χ3n) is 4.11. The molecule has 12 heteroatoms. The molecule has 1 aromatic heterocycles. The minimum atomic E-state index is -0.594. The molecule has 9 nitrogen and oxygen atoms in total. The average Bonchev–Trinajstić information content (AvgIpc) is 2.76. The highest BCUT2D eigenvalue weighted by atomic mass is 79.9. The third-order valence-corrected chi connectivity index (χ3v) is 4.98. The zero-order valence-corrected chi connectivity index (χ0v) is 19.5. The molecule has 0 radical (unpaired) electrons. The Bertz CT molecular complexity index is 1190. The predicted octanol–water partition coefficient (Wildman–Crippen LogP) is 4.63. The topological polar surface area (TPSA) is 119 Å². The molecule has 0 fully saturated rings. The largest absolute Gasteiger partial charge is 0.485 e. The van der Waals surface area contributed by atoms with Crippen molar-refractivity contribution in [1.82, 2.24) is 15.3 Å². The molecule has 0 saturated carbocycles. The molecule has 3 aromatic rings. The smallest absolute Gasteiger partial charge is 0.311 e. The van der Waals surface area contributed by atoms with Crippen molar-refractivity contribution in [2.24, 2.45) is 0 Å². The van der Waals surface area contributed by atoms with E-state index in [4.69, 9.17) is 4.74 Å². The second-order valence-corrected chi connectivity index (χ2v) is 7.82. The molecule has 0 spiro atoms. The first kappa shape index (κ1) is 23.5. The zero-order chi connectivity index (χ0) is 23.1. The van der Waals surface area contributed by atoms with E-state index in [1.165, 1.54) is 36.7 Å². The average molecular weight is 569 g/mol. The van der Waals surface area contributed by atoms with E-state index in [9.17, 15) is 19.3 Å². The molecule has 1 heterocycles. The maximum atomic E-state index is 14.2. The number of aromatic nitrogens is 2. The van der Waals surface area contributed by atoms with E-state index in [1.54, 1.807) is 12.1 Å². The Labute approximate surface area is 198 Å². The van der Waals surface area contributed by atoms with Crippen LogP contribution in [0.2, 0.25) is 0 Å². The van der Waals surface area contributed by atoms with Gasteiger partial charge in [-0.15, -0.1) is 0 Å². The van der Waals surface area contributed by atoms with E-state index in [2.05, 4.69) is 52.5 Å². The van der Waals surface area contributed by atoms with Gasteiger partial charge in [0, 0.05) is 21.9 Å². The van der Waals surface area contributed by atoms with E-state index in [0.717, 1.165) is 0 Å². The molecule has 0 unspecified atom stereocenters. The van der Waals surface area contributed by atoms with E-state index < -0.39 is 10.7 Å². The van der Waals surface area contributed by atoms with Crippen LogP contribution in [0.5, 0.6) is 5.75 Å². The molecule has 0 aliphatic heterocycles. The molecule has 3 rings (SSSR count). The molecule has 0 aliphatic carbocycles. The molecular weight excluding hydrogens is 553 g/mol. The van der Waals surface area contributed by atoms with Crippen molar-refractivity contribution in [1.29, 1.82) is 0 Å². The lowest BCUT2D eigenvalue weighted by molar-refractivity contribution is -0.385. The number of ether oxygens (including phenoxy) is 1. The van der Waals surface area contributed by atoms with Crippen LogP contribution in [0.1, 0.15) is 0 Å². The number of nitro benzene ring substituents is 1. The zero-order valence-electron chi connectivity index (χ0n) is 16.3. The maximum Gasteiger partial charge on any atom is 0.311 e. The van der Waals surface area contributed by atoms with Crippen molar-refractivity contribution in [2.45, 2.75) is 0 Å². The van der Waals surface area contributed by atoms with Crippen LogP contribution in [-0.4, -0.2) is 39.3 Å². The number of nitrogens with zero attached hydrogens (tertiary/aromatic N) is 3. The molecule has 2 aromatic carbocycles. The number of halogens is 3. The van der Waals surface area contributed by atoms with Gasteiger partial charge in [-0.1, -0.05) is 37.9 Å². The fraction of sp³-hybridized carbons (Fsp3) is 0.150. The van der Waals surface area contributed by atoms with Crippen molar-refractivity contribution in [2.75, 3.05) is 23.8 Å². The molecule has 0 aliphatic rings. The van der Waals surface area contributed by atoms with Gasteiger partial charge in [0.1, 0.15) is 24.6 Å². The standard InChI is InChI=1S/C20H16Br2FN5O4/c21-5-1-2-19(29)24-6-7-32-18-10-16-13(9-17(18)28(30)31)20(26-11-25-16)27-15-4-3-12(22)8-14(15)23/h1-4,8-11H,5-7H2,(H,24,29)(H,25,26,27). The van der Waals surface area contributed by atoms with Crippen LogP contribution in [-0.2, 0) is 4.79 Å². The second kappa shape index (κ2) is 11.0. The van der Waals surface area contributed by atoms with Crippen LogP contribution in [0.3, 0.4) is 0 Å². The van der Waals surface area contributed by atoms with E-state index >= 15 is 0 Å². The van der Waals surface area contributed by atoms with Crippen LogP contribution in [0.4, 0.5) is 21.6 Å². The van der Waals surface area contributed by atoms with Gasteiger partial charge in [0.25, 0.3) is 0 Å². The Morgan fingerprint density at radius 2 is 2.09 bits per heavy atom. The Hall–Kier alpha value is -3.12. The van der Waals surface area contributed by atoms with Crippen molar-refractivity contribution in [3.63, 3.8) is 0 Å². The summed E-state index contributed by atoms with van der Waals surface area (Å²) < 4.78 is 20.3. The number of allylic oxidation sites excluding steroid dienone is 1. The van der Waals surface area contributed by atoms with Gasteiger partial charge in [0.2, 0.25) is 5.91 Å². The number of carbonyl (C=O) groups is 1. The summed E-state index contributed by atoms with van der Waals surface area (Å²) in [7, 11) is 0. The number of carbonyl (C=O) groups excluding carboxylic acids is 1. The Morgan fingerprint density at radius 1 is 1.28 bits per heavy atom. The van der Waals surface area contributed by atoms with Gasteiger partial charge in [0.15, 0.2) is 5.75 Å². The summed E-state index contributed by atoms with van der Waals surface area (Å²) in [6.07, 6.45) is 4.26. The number of hydrogen-bond acceptors (Lipinski definition) is 7. The lowest BCUT2D eigenvalue weighted by Crippen LogP contribution is -2.26. The molecule has 0 atom stereocenters. The number of anilines is 2.